The zero-order valence-corrected chi connectivity index (χ0v) is 35.9. The number of nitrogens with one attached hydrogen (secondary N) is 1. The molecule has 66 heavy (non-hydrogen) atoms. The van der Waals surface area contributed by atoms with Gasteiger partial charge in [-0.05, 0) is 118 Å². The maximum Gasteiger partial charge on any atom is 0.159 e. The van der Waals surface area contributed by atoms with Crippen molar-refractivity contribution in [2.75, 3.05) is 0 Å². The maximum atomic E-state index is 10.1. The highest BCUT2D eigenvalue weighted by molar-refractivity contribution is 6.18. The van der Waals surface area contributed by atoms with Crippen LogP contribution in [-0.2, 0) is 0 Å². The molecule has 0 saturated carbocycles. The predicted octanol–water partition coefficient (Wildman–Crippen LogP) is 15.2. The van der Waals surface area contributed by atoms with Crippen LogP contribution in [0.4, 0.5) is 0 Å². The molecule has 10 aromatic carbocycles. The third-order valence-electron chi connectivity index (χ3n) is 12.9. The van der Waals surface area contributed by atoms with E-state index in [1.54, 1.807) is 0 Å². The zero-order chi connectivity index (χ0) is 44.0. The Kier molecular flexibility index (Phi) is 9.59. The number of amidine groups is 2. The Morgan fingerprint density at radius 2 is 0.939 bits per heavy atom. The van der Waals surface area contributed by atoms with Gasteiger partial charge in [0.05, 0.1) is 11.6 Å². The van der Waals surface area contributed by atoms with Crippen LogP contribution in [0.2, 0.25) is 0 Å². The Labute approximate surface area is 384 Å². The summed E-state index contributed by atoms with van der Waals surface area (Å²) in [5.41, 5.74) is 19.8. The number of rotatable bonds is 8. The molecule has 0 bridgehead atoms. The highest BCUT2D eigenvalue weighted by atomic mass is 15.2. The van der Waals surface area contributed by atoms with Gasteiger partial charge in [-0.2, -0.15) is 5.26 Å². The molecule has 2 aliphatic rings. The topological polar surface area (TPSA) is 60.5 Å². The van der Waals surface area contributed by atoms with Gasteiger partial charge in [-0.15, -0.1) is 0 Å². The summed E-state index contributed by atoms with van der Waals surface area (Å²) in [6.45, 7) is 0. The van der Waals surface area contributed by atoms with E-state index in [1.165, 1.54) is 44.2 Å². The average Bonchev–Trinajstić information content (AvgIpc) is 3.74. The van der Waals surface area contributed by atoms with Gasteiger partial charge in [-0.25, -0.2) is 9.98 Å². The van der Waals surface area contributed by atoms with E-state index < -0.39 is 6.17 Å². The Morgan fingerprint density at radius 1 is 0.379 bits per heavy atom. The lowest BCUT2D eigenvalue weighted by molar-refractivity contribution is 0.674. The second kappa shape index (κ2) is 16.3. The maximum absolute atomic E-state index is 10.1. The van der Waals surface area contributed by atoms with Crippen molar-refractivity contribution in [1.82, 2.24) is 5.32 Å². The van der Waals surface area contributed by atoms with Gasteiger partial charge < -0.3 is 5.32 Å². The lowest BCUT2D eigenvalue weighted by Gasteiger charge is -2.25. The second-order valence-corrected chi connectivity index (χ2v) is 16.8. The quantitative estimate of drug-likeness (QED) is 0.166. The van der Waals surface area contributed by atoms with Gasteiger partial charge >= 0.3 is 0 Å². The van der Waals surface area contributed by atoms with Gasteiger partial charge in [0.2, 0.25) is 0 Å². The van der Waals surface area contributed by atoms with Crippen LogP contribution in [0.1, 0.15) is 28.4 Å². The van der Waals surface area contributed by atoms with Crippen LogP contribution < -0.4 is 5.32 Å². The van der Waals surface area contributed by atoms with Crippen molar-refractivity contribution >= 4 is 22.4 Å². The van der Waals surface area contributed by atoms with Crippen molar-refractivity contribution in [3.63, 3.8) is 0 Å². The molecule has 1 unspecified atom stereocenters. The van der Waals surface area contributed by atoms with Gasteiger partial charge in [0.25, 0.3) is 0 Å². The summed E-state index contributed by atoms with van der Waals surface area (Å²) in [5, 5.41) is 16.4. The normalized spacial score (nSPS) is 13.6. The first-order valence-electron chi connectivity index (χ1n) is 22.3. The number of hydrogen-bond donors (Lipinski definition) is 1. The summed E-state index contributed by atoms with van der Waals surface area (Å²) < 4.78 is 0. The number of fused-ring (bicyclic) bond motifs is 3. The molecule has 1 heterocycles. The standard InChI is InChI=1S/C62H40N4/c63-39-40-30-35-51(47-21-10-23-49(38-47)61-64-60(45-16-5-2-6-17-45)65-62(66-61)55-25-8-7-24-50(55)42-14-3-1-4-15-42)57(36-40)43-33-31-41(32-34-43)46-20-9-22-48(37-46)52-26-13-28-54-53-27-11-18-44-19-12-29-56(58(44)53)59(52)54/h1-38,61H,(H,64,65,66). The molecule has 0 spiro atoms. The number of nitrogens with zero attached hydrogens (tertiary/aromatic N) is 3. The third-order valence-corrected chi connectivity index (χ3v) is 12.9. The van der Waals surface area contributed by atoms with Crippen molar-refractivity contribution in [2.45, 2.75) is 6.17 Å². The second-order valence-electron chi connectivity index (χ2n) is 16.8. The smallest absolute Gasteiger partial charge is 0.159 e. The van der Waals surface area contributed by atoms with Crippen molar-refractivity contribution in [1.29, 1.82) is 5.26 Å². The van der Waals surface area contributed by atoms with Gasteiger partial charge in [-0.1, -0.05) is 206 Å². The van der Waals surface area contributed by atoms with Crippen molar-refractivity contribution in [2.24, 2.45) is 9.98 Å². The Morgan fingerprint density at radius 3 is 1.73 bits per heavy atom. The predicted molar refractivity (Wildman–Crippen MR) is 272 cm³/mol. The van der Waals surface area contributed by atoms with E-state index in [-0.39, 0.29) is 0 Å². The van der Waals surface area contributed by atoms with E-state index in [1.807, 2.05) is 36.4 Å². The van der Waals surface area contributed by atoms with Crippen LogP contribution in [0.3, 0.4) is 0 Å². The fourth-order valence-corrected chi connectivity index (χ4v) is 9.80. The molecule has 12 rings (SSSR count). The number of aliphatic imine (C=N–C) groups is 2. The minimum atomic E-state index is -0.408. The van der Waals surface area contributed by atoms with Crippen molar-refractivity contribution in [3.8, 4) is 84.0 Å². The largest absolute Gasteiger partial charge is 0.344 e. The summed E-state index contributed by atoms with van der Waals surface area (Å²) in [6.07, 6.45) is -0.408. The molecule has 1 aliphatic heterocycles. The molecule has 1 N–H and O–H groups in total. The first-order chi connectivity index (χ1) is 32.7. The number of nitriles is 1. The molecule has 0 fully saturated rings. The first-order valence-corrected chi connectivity index (χ1v) is 22.3. The minimum Gasteiger partial charge on any atom is -0.344 e. The average molecular weight is 841 g/mol. The molecule has 0 radical (unpaired) electrons. The van der Waals surface area contributed by atoms with E-state index in [0.29, 0.717) is 11.4 Å². The van der Waals surface area contributed by atoms with Crippen LogP contribution >= 0.6 is 0 Å². The number of hydrogen-bond acceptors (Lipinski definition) is 4. The molecule has 308 valence electrons. The minimum absolute atomic E-state index is 0.408. The number of benzene rings is 10. The Hall–Kier alpha value is -8.91. The van der Waals surface area contributed by atoms with E-state index in [2.05, 4.69) is 206 Å². The molecule has 1 aliphatic carbocycles. The summed E-state index contributed by atoms with van der Waals surface area (Å²) >= 11 is 0. The fraction of sp³-hybridized carbons (Fsp3) is 0.0161. The van der Waals surface area contributed by atoms with Gasteiger partial charge in [0.15, 0.2) is 5.84 Å². The Bertz CT molecular complexity index is 3610. The third kappa shape index (κ3) is 6.88. The van der Waals surface area contributed by atoms with E-state index in [9.17, 15) is 5.26 Å². The SMILES string of the molecule is N#Cc1ccc(-c2cccc(C3N=C(c4ccccc4)N=C(c4ccccc4-c4ccccc4)N3)c2)c(-c2ccc(-c3cccc(-c4cccc5c4-c4cccc6cccc-5c46)c3)cc2)c1. The molecule has 4 heteroatoms. The first kappa shape index (κ1) is 38.7. The lowest BCUT2D eigenvalue weighted by atomic mass is 9.90. The van der Waals surface area contributed by atoms with Crippen molar-refractivity contribution < 1.29 is 0 Å². The fourth-order valence-electron chi connectivity index (χ4n) is 9.80. The summed E-state index contributed by atoms with van der Waals surface area (Å²) in [7, 11) is 0. The summed E-state index contributed by atoms with van der Waals surface area (Å²) in [6, 6.07) is 83.4. The molecular weight excluding hydrogens is 801 g/mol. The van der Waals surface area contributed by atoms with Crippen LogP contribution in [0.25, 0.3) is 88.7 Å². The van der Waals surface area contributed by atoms with Crippen LogP contribution in [0, 0.1) is 11.3 Å². The van der Waals surface area contributed by atoms with Crippen LogP contribution in [0.15, 0.2) is 241 Å². The van der Waals surface area contributed by atoms with Crippen LogP contribution in [-0.4, -0.2) is 11.7 Å². The monoisotopic (exact) mass is 840 g/mol. The van der Waals surface area contributed by atoms with Gasteiger partial charge in [0.1, 0.15) is 12.0 Å². The van der Waals surface area contributed by atoms with Crippen LogP contribution in [0.5, 0.6) is 0 Å². The van der Waals surface area contributed by atoms with Crippen molar-refractivity contribution in [3.05, 3.63) is 253 Å². The Balaban J connectivity index is 0.884. The molecule has 0 amide bonds. The molecule has 4 nitrogen and oxygen atoms in total. The summed E-state index contributed by atoms with van der Waals surface area (Å²) in [5.74, 6) is 1.43. The highest BCUT2D eigenvalue weighted by Gasteiger charge is 2.25. The van der Waals surface area contributed by atoms with Gasteiger partial charge in [-0.3, -0.25) is 0 Å². The van der Waals surface area contributed by atoms with Gasteiger partial charge in [0, 0.05) is 11.1 Å². The highest BCUT2D eigenvalue weighted by Crippen LogP contribution is 2.51. The molecule has 0 aromatic heterocycles. The van der Waals surface area contributed by atoms with E-state index in [0.717, 1.165) is 67.0 Å². The molecule has 10 aromatic rings. The molecule has 1 atom stereocenters. The zero-order valence-electron chi connectivity index (χ0n) is 35.9. The molecule has 0 saturated heterocycles. The van der Waals surface area contributed by atoms with E-state index in [4.69, 9.17) is 9.98 Å². The lowest BCUT2D eigenvalue weighted by Crippen LogP contribution is -2.34. The summed E-state index contributed by atoms with van der Waals surface area (Å²) in [4.78, 5) is 10.4. The molecular formula is C62H40N4. The van der Waals surface area contributed by atoms with E-state index >= 15 is 0 Å².